The van der Waals surface area contributed by atoms with Crippen molar-refractivity contribution < 1.29 is 23.8 Å². The van der Waals surface area contributed by atoms with E-state index in [4.69, 9.17) is 14.2 Å². The third-order valence-electron chi connectivity index (χ3n) is 5.22. The molecule has 0 bridgehead atoms. The number of rotatable bonds is 7. The average Bonchev–Trinajstić information content (AvgIpc) is 2.73. The zero-order chi connectivity index (χ0) is 20.8. The molecule has 1 saturated heterocycles. The van der Waals surface area contributed by atoms with E-state index < -0.39 is 12.0 Å². The molecule has 0 radical (unpaired) electrons. The number of amides is 2. The Morgan fingerprint density at radius 2 is 1.86 bits per heavy atom. The first-order chi connectivity index (χ1) is 14.1. The van der Waals surface area contributed by atoms with E-state index in [1.54, 1.807) is 33.3 Å². The zero-order valence-corrected chi connectivity index (χ0v) is 17.2. The van der Waals surface area contributed by atoms with Crippen LogP contribution in [0.4, 0.5) is 4.79 Å². The van der Waals surface area contributed by atoms with Crippen LogP contribution in [-0.4, -0.2) is 57.4 Å². The van der Waals surface area contributed by atoms with Gasteiger partial charge in [0.15, 0.2) is 11.5 Å². The normalized spacial score (nSPS) is 20.0. The highest BCUT2D eigenvalue weighted by atomic mass is 16.5. The van der Waals surface area contributed by atoms with Crippen molar-refractivity contribution in [3.63, 3.8) is 0 Å². The standard InChI is InChI=1S/C21H29N3O5/c1-4-29-20(25)18-15(13-24-10-6-5-7-11-24)22-21(26)23-19(18)14-8-9-16(27-2)17(12-14)28-3/h8-9,12,19H,4-7,10-11,13H2,1-3H3,(H2,22,23,26). The Hall–Kier alpha value is -2.74. The second-order valence-electron chi connectivity index (χ2n) is 7.10. The Morgan fingerprint density at radius 1 is 1.14 bits per heavy atom. The van der Waals surface area contributed by atoms with Crippen LogP contribution in [0.1, 0.15) is 37.8 Å². The highest BCUT2D eigenvalue weighted by Crippen LogP contribution is 2.34. The van der Waals surface area contributed by atoms with Gasteiger partial charge in [0.2, 0.25) is 0 Å². The quantitative estimate of drug-likeness (QED) is 0.680. The van der Waals surface area contributed by atoms with E-state index >= 15 is 0 Å². The van der Waals surface area contributed by atoms with Gasteiger partial charge in [-0.15, -0.1) is 0 Å². The van der Waals surface area contributed by atoms with Crippen LogP contribution in [0.2, 0.25) is 0 Å². The first kappa shape index (κ1) is 21.0. The van der Waals surface area contributed by atoms with Gasteiger partial charge in [-0.05, 0) is 50.6 Å². The molecule has 0 spiro atoms. The lowest BCUT2D eigenvalue weighted by Crippen LogP contribution is -2.49. The van der Waals surface area contributed by atoms with Crippen molar-refractivity contribution in [1.29, 1.82) is 0 Å². The molecule has 29 heavy (non-hydrogen) atoms. The van der Waals surface area contributed by atoms with Gasteiger partial charge in [-0.3, -0.25) is 4.90 Å². The summed E-state index contributed by atoms with van der Waals surface area (Å²) in [7, 11) is 3.11. The molecular weight excluding hydrogens is 374 g/mol. The summed E-state index contributed by atoms with van der Waals surface area (Å²) in [6, 6.07) is 4.37. The van der Waals surface area contributed by atoms with Crippen molar-refractivity contribution in [3.05, 3.63) is 35.0 Å². The van der Waals surface area contributed by atoms with Gasteiger partial charge in [-0.25, -0.2) is 9.59 Å². The number of likely N-dealkylation sites (tertiary alicyclic amines) is 1. The molecule has 0 aliphatic carbocycles. The summed E-state index contributed by atoms with van der Waals surface area (Å²) >= 11 is 0. The molecule has 2 heterocycles. The van der Waals surface area contributed by atoms with Gasteiger partial charge in [-0.2, -0.15) is 0 Å². The second-order valence-corrected chi connectivity index (χ2v) is 7.10. The van der Waals surface area contributed by atoms with Crippen LogP contribution in [0.5, 0.6) is 11.5 Å². The molecule has 3 rings (SSSR count). The minimum atomic E-state index is -0.637. The van der Waals surface area contributed by atoms with E-state index in [1.165, 1.54) is 6.42 Å². The molecular formula is C21H29N3O5. The maximum Gasteiger partial charge on any atom is 0.338 e. The number of methoxy groups -OCH3 is 2. The van der Waals surface area contributed by atoms with Gasteiger partial charge in [0.1, 0.15) is 0 Å². The molecule has 0 saturated carbocycles. The highest BCUT2D eigenvalue weighted by Gasteiger charge is 2.34. The number of piperidine rings is 1. The Balaban J connectivity index is 2.01. The Bertz CT molecular complexity index is 787. The smallest absolute Gasteiger partial charge is 0.338 e. The molecule has 2 amide bonds. The third-order valence-corrected chi connectivity index (χ3v) is 5.22. The van der Waals surface area contributed by atoms with Crippen molar-refractivity contribution in [1.82, 2.24) is 15.5 Å². The summed E-state index contributed by atoms with van der Waals surface area (Å²) in [6.07, 6.45) is 3.45. The van der Waals surface area contributed by atoms with Crippen LogP contribution in [0, 0.1) is 0 Å². The summed E-state index contributed by atoms with van der Waals surface area (Å²) in [4.78, 5) is 27.6. The average molecular weight is 403 g/mol. The SMILES string of the molecule is CCOC(=O)C1=C(CN2CCCCC2)NC(=O)NC1c1ccc(OC)c(OC)c1. The minimum Gasteiger partial charge on any atom is -0.493 e. The fourth-order valence-electron chi connectivity index (χ4n) is 3.82. The van der Waals surface area contributed by atoms with Crippen LogP contribution in [-0.2, 0) is 9.53 Å². The molecule has 1 unspecified atom stereocenters. The maximum atomic E-state index is 12.9. The molecule has 8 nitrogen and oxygen atoms in total. The second kappa shape index (κ2) is 9.65. The Labute approximate surface area is 171 Å². The van der Waals surface area contributed by atoms with E-state index in [0.717, 1.165) is 31.5 Å². The molecule has 8 heteroatoms. The lowest BCUT2D eigenvalue weighted by atomic mass is 9.94. The van der Waals surface area contributed by atoms with Crippen LogP contribution < -0.4 is 20.1 Å². The van der Waals surface area contributed by atoms with Gasteiger partial charge >= 0.3 is 12.0 Å². The largest absolute Gasteiger partial charge is 0.493 e. The molecule has 2 aliphatic heterocycles. The van der Waals surface area contributed by atoms with Crippen molar-refractivity contribution >= 4 is 12.0 Å². The lowest BCUT2D eigenvalue weighted by molar-refractivity contribution is -0.139. The number of esters is 1. The fraction of sp³-hybridized carbons (Fsp3) is 0.524. The predicted octanol–water partition coefficient (Wildman–Crippen LogP) is 2.36. The molecule has 1 aromatic rings. The van der Waals surface area contributed by atoms with Crippen molar-refractivity contribution in [2.75, 3.05) is 40.5 Å². The molecule has 2 aliphatic rings. The monoisotopic (exact) mass is 403 g/mol. The number of benzene rings is 1. The first-order valence-corrected chi connectivity index (χ1v) is 9.99. The number of urea groups is 1. The number of hydrogen-bond acceptors (Lipinski definition) is 6. The van der Waals surface area contributed by atoms with E-state index in [-0.39, 0.29) is 12.6 Å². The van der Waals surface area contributed by atoms with Crippen LogP contribution in [0.15, 0.2) is 29.5 Å². The Kier molecular flexibility index (Phi) is 6.98. The molecule has 1 aromatic carbocycles. The number of nitrogens with zero attached hydrogens (tertiary/aromatic N) is 1. The minimum absolute atomic E-state index is 0.256. The van der Waals surface area contributed by atoms with E-state index in [2.05, 4.69) is 15.5 Å². The van der Waals surface area contributed by atoms with Gasteiger partial charge in [0.25, 0.3) is 0 Å². The summed E-state index contributed by atoms with van der Waals surface area (Å²) in [6.45, 7) is 4.42. The molecule has 158 valence electrons. The molecule has 1 fully saturated rings. The molecule has 1 atom stereocenters. The number of ether oxygens (including phenoxy) is 3. The number of carbonyl (C=O) groups excluding carboxylic acids is 2. The van der Waals surface area contributed by atoms with Crippen LogP contribution in [0.3, 0.4) is 0 Å². The Morgan fingerprint density at radius 3 is 2.52 bits per heavy atom. The van der Waals surface area contributed by atoms with Gasteiger partial charge in [-0.1, -0.05) is 12.5 Å². The van der Waals surface area contributed by atoms with E-state index in [0.29, 0.717) is 29.3 Å². The zero-order valence-electron chi connectivity index (χ0n) is 17.2. The van der Waals surface area contributed by atoms with Crippen molar-refractivity contribution in [2.24, 2.45) is 0 Å². The number of hydrogen-bond donors (Lipinski definition) is 2. The summed E-state index contributed by atoms with van der Waals surface area (Å²) in [5, 5.41) is 5.69. The third kappa shape index (κ3) is 4.82. The number of nitrogens with one attached hydrogen (secondary N) is 2. The van der Waals surface area contributed by atoms with Crippen molar-refractivity contribution in [3.8, 4) is 11.5 Å². The first-order valence-electron chi connectivity index (χ1n) is 9.99. The van der Waals surface area contributed by atoms with Gasteiger partial charge in [0.05, 0.1) is 32.4 Å². The topological polar surface area (TPSA) is 89.1 Å². The summed E-state index contributed by atoms with van der Waals surface area (Å²) < 4.78 is 16.0. The molecule has 2 N–H and O–H groups in total. The van der Waals surface area contributed by atoms with E-state index in [9.17, 15) is 9.59 Å². The van der Waals surface area contributed by atoms with Crippen LogP contribution in [0.25, 0.3) is 0 Å². The predicted molar refractivity (Wildman–Crippen MR) is 108 cm³/mol. The van der Waals surface area contributed by atoms with Gasteiger partial charge < -0.3 is 24.8 Å². The highest BCUT2D eigenvalue weighted by molar-refractivity contribution is 5.95. The molecule has 0 aromatic heterocycles. The summed E-state index contributed by atoms with van der Waals surface area (Å²) in [5.74, 6) is 0.664. The fourth-order valence-corrected chi connectivity index (χ4v) is 3.82. The maximum absolute atomic E-state index is 12.9. The number of carbonyl (C=O) groups is 2. The summed E-state index contributed by atoms with van der Waals surface area (Å²) in [5.41, 5.74) is 1.73. The van der Waals surface area contributed by atoms with Crippen molar-refractivity contribution in [2.45, 2.75) is 32.2 Å². The van der Waals surface area contributed by atoms with Crippen LogP contribution >= 0.6 is 0 Å². The van der Waals surface area contributed by atoms with E-state index in [1.807, 2.05) is 6.07 Å². The van der Waals surface area contributed by atoms with Gasteiger partial charge in [0, 0.05) is 12.2 Å². The lowest BCUT2D eigenvalue weighted by Gasteiger charge is -2.33.